The lowest BCUT2D eigenvalue weighted by molar-refractivity contribution is -0.122. The molecule has 0 saturated carbocycles. The molecule has 130 valence electrons. The van der Waals surface area contributed by atoms with Crippen molar-refractivity contribution < 1.29 is 9.53 Å². The second-order valence-electron chi connectivity index (χ2n) is 6.49. The van der Waals surface area contributed by atoms with Crippen molar-refractivity contribution in [3.63, 3.8) is 0 Å². The minimum absolute atomic E-state index is 0.0399. The van der Waals surface area contributed by atoms with Crippen LogP contribution in [0.2, 0.25) is 0 Å². The molecule has 0 unspecified atom stereocenters. The van der Waals surface area contributed by atoms with Gasteiger partial charge < -0.3 is 10.1 Å². The summed E-state index contributed by atoms with van der Waals surface area (Å²) in [7, 11) is 0. The Morgan fingerprint density at radius 3 is 1.50 bits per heavy atom. The highest BCUT2D eigenvalue weighted by atomic mass is 16.5. The molecule has 3 nitrogen and oxygen atoms in total. The van der Waals surface area contributed by atoms with Crippen LogP contribution in [0.15, 0.2) is 91.0 Å². The Kier molecular flexibility index (Phi) is 4.55. The number of benzene rings is 3. The molecule has 3 aromatic rings. The van der Waals surface area contributed by atoms with Gasteiger partial charge in [0.15, 0.2) is 0 Å². The smallest absolute Gasteiger partial charge is 0.222 e. The number of hydrogen-bond acceptors (Lipinski definition) is 2. The molecular weight excluding hydrogens is 322 g/mol. The number of carbonyl (C=O) groups excluding carboxylic acids is 1. The number of ether oxygens (including phenoxy) is 1. The molecule has 3 heteroatoms. The maximum atomic E-state index is 11.8. The van der Waals surface area contributed by atoms with Crippen molar-refractivity contribution in [2.24, 2.45) is 0 Å². The summed E-state index contributed by atoms with van der Waals surface area (Å²) in [5, 5.41) is 2.96. The molecule has 1 aliphatic heterocycles. The maximum Gasteiger partial charge on any atom is 0.222 e. The third kappa shape index (κ3) is 3.02. The van der Waals surface area contributed by atoms with Gasteiger partial charge in [-0.3, -0.25) is 4.79 Å². The lowest BCUT2D eigenvalue weighted by Gasteiger charge is -2.38. The van der Waals surface area contributed by atoms with Crippen LogP contribution in [0.4, 0.5) is 0 Å². The fraction of sp³-hybridized carbons (Fsp3) is 0.174. The Balaban J connectivity index is 1.92. The van der Waals surface area contributed by atoms with Gasteiger partial charge in [0.1, 0.15) is 11.8 Å². The Labute approximate surface area is 153 Å². The second-order valence-corrected chi connectivity index (χ2v) is 6.49. The molecule has 1 atom stereocenters. The molecule has 0 spiro atoms. The zero-order chi connectivity index (χ0) is 17.8. The van der Waals surface area contributed by atoms with Gasteiger partial charge in [-0.1, -0.05) is 91.0 Å². The van der Waals surface area contributed by atoms with E-state index >= 15 is 0 Å². The van der Waals surface area contributed by atoms with Crippen molar-refractivity contribution in [3.8, 4) is 0 Å². The Morgan fingerprint density at radius 1 is 0.731 bits per heavy atom. The first kappa shape index (κ1) is 16.6. The van der Waals surface area contributed by atoms with Gasteiger partial charge in [0.25, 0.3) is 0 Å². The van der Waals surface area contributed by atoms with Gasteiger partial charge in [-0.25, -0.2) is 0 Å². The van der Waals surface area contributed by atoms with Crippen LogP contribution >= 0.6 is 0 Å². The standard InChI is InChI=1S/C23H21NO2/c25-21-16-17-22(24-21)26-23(18-10-4-1-5-11-18,19-12-6-2-7-13-19)20-14-8-3-9-15-20/h1-15,22H,16-17H2,(H,24,25)/t22-/m1/s1. The van der Waals surface area contributed by atoms with E-state index in [4.69, 9.17) is 4.74 Å². The number of amides is 1. The van der Waals surface area contributed by atoms with E-state index in [9.17, 15) is 4.79 Å². The normalized spacial score (nSPS) is 17.1. The van der Waals surface area contributed by atoms with Crippen LogP contribution in [0.5, 0.6) is 0 Å². The Bertz CT molecular complexity index is 766. The molecule has 0 aromatic heterocycles. The molecule has 1 aliphatic rings. The van der Waals surface area contributed by atoms with Crippen LogP contribution in [0.25, 0.3) is 0 Å². The van der Waals surface area contributed by atoms with Crippen molar-refractivity contribution in [3.05, 3.63) is 108 Å². The quantitative estimate of drug-likeness (QED) is 0.704. The highest BCUT2D eigenvalue weighted by Crippen LogP contribution is 2.41. The summed E-state index contributed by atoms with van der Waals surface area (Å²) in [6.45, 7) is 0. The third-order valence-electron chi connectivity index (χ3n) is 4.82. The van der Waals surface area contributed by atoms with Crippen molar-refractivity contribution >= 4 is 5.91 Å². The topological polar surface area (TPSA) is 38.3 Å². The van der Waals surface area contributed by atoms with Gasteiger partial charge in [-0.2, -0.15) is 0 Å². The number of rotatable bonds is 5. The van der Waals surface area contributed by atoms with Crippen LogP contribution in [0.3, 0.4) is 0 Å². The summed E-state index contributed by atoms with van der Waals surface area (Å²) in [6, 6.07) is 30.6. The molecule has 1 N–H and O–H groups in total. The van der Waals surface area contributed by atoms with Crippen LogP contribution in [0.1, 0.15) is 29.5 Å². The van der Waals surface area contributed by atoms with Gasteiger partial charge in [0.05, 0.1) is 0 Å². The fourth-order valence-electron chi connectivity index (χ4n) is 3.61. The van der Waals surface area contributed by atoms with E-state index in [0.29, 0.717) is 12.8 Å². The fourth-order valence-corrected chi connectivity index (χ4v) is 3.61. The molecule has 0 radical (unpaired) electrons. The molecule has 1 saturated heterocycles. The summed E-state index contributed by atoms with van der Waals surface area (Å²) in [5.41, 5.74) is 2.34. The highest BCUT2D eigenvalue weighted by Gasteiger charge is 2.41. The molecular formula is C23H21NO2. The van der Waals surface area contributed by atoms with E-state index in [1.165, 1.54) is 0 Å². The summed E-state index contributed by atoms with van der Waals surface area (Å²) in [6.07, 6.45) is 0.856. The van der Waals surface area contributed by atoms with E-state index in [0.717, 1.165) is 16.7 Å². The molecule has 1 amide bonds. The molecule has 0 aliphatic carbocycles. The third-order valence-corrected chi connectivity index (χ3v) is 4.82. The van der Waals surface area contributed by atoms with Crippen molar-refractivity contribution in [1.82, 2.24) is 5.32 Å². The highest BCUT2D eigenvalue weighted by molar-refractivity contribution is 5.78. The second kappa shape index (κ2) is 7.14. The molecule has 3 aromatic carbocycles. The van der Waals surface area contributed by atoms with Gasteiger partial charge in [-0.05, 0) is 16.7 Å². The van der Waals surface area contributed by atoms with Crippen LogP contribution in [-0.2, 0) is 15.1 Å². The minimum atomic E-state index is -0.786. The molecule has 1 fully saturated rings. The zero-order valence-electron chi connectivity index (χ0n) is 14.5. The van der Waals surface area contributed by atoms with Crippen LogP contribution in [-0.4, -0.2) is 12.1 Å². The van der Waals surface area contributed by atoms with Crippen LogP contribution in [0, 0.1) is 0 Å². The van der Waals surface area contributed by atoms with Gasteiger partial charge in [-0.15, -0.1) is 0 Å². The minimum Gasteiger partial charge on any atom is -0.338 e. The van der Waals surface area contributed by atoms with E-state index in [1.807, 2.05) is 54.6 Å². The van der Waals surface area contributed by atoms with Crippen LogP contribution < -0.4 is 5.32 Å². The zero-order valence-corrected chi connectivity index (χ0v) is 14.5. The van der Waals surface area contributed by atoms with Crippen molar-refractivity contribution in [2.45, 2.75) is 24.7 Å². The number of nitrogens with one attached hydrogen (secondary N) is 1. The first-order valence-corrected chi connectivity index (χ1v) is 8.93. The molecule has 1 heterocycles. The van der Waals surface area contributed by atoms with E-state index < -0.39 is 5.60 Å². The summed E-state index contributed by atoms with van der Waals surface area (Å²) < 4.78 is 6.70. The molecule has 4 rings (SSSR count). The van der Waals surface area contributed by atoms with Gasteiger partial charge in [0, 0.05) is 12.8 Å². The monoisotopic (exact) mass is 343 g/mol. The predicted octanol–water partition coefficient (Wildman–Crippen LogP) is 4.23. The first-order chi connectivity index (χ1) is 12.8. The average molecular weight is 343 g/mol. The summed E-state index contributed by atoms with van der Waals surface area (Å²) in [5.74, 6) is 0.0399. The van der Waals surface area contributed by atoms with E-state index in [1.54, 1.807) is 0 Å². The van der Waals surface area contributed by atoms with Crippen molar-refractivity contribution in [1.29, 1.82) is 0 Å². The summed E-state index contributed by atoms with van der Waals surface area (Å²) in [4.78, 5) is 11.8. The lowest BCUT2D eigenvalue weighted by Crippen LogP contribution is -2.41. The lowest BCUT2D eigenvalue weighted by atomic mass is 9.80. The largest absolute Gasteiger partial charge is 0.338 e. The van der Waals surface area contributed by atoms with Gasteiger partial charge in [0.2, 0.25) is 5.91 Å². The van der Waals surface area contributed by atoms with Crippen molar-refractivity contribution in [2.75, 3.05) is 0 Å². The molecule has 0 bridgehead atoms. The molecule has 26 heavy (non-hydrogen) atoms. The van der Waals surface area contributed by atoms with Gasteiger partial charge >= 0.3 is 0 Å². The predicted molar refractivity (Wildman–Crippen MR) is 101 cm³/mol. The average Bonchev–Trinajstić information content (AvgIpc) is 3.13. The van der Waals surface area contributed by atoms with E-state index in [2.05, 4.69) is 41.7 Å². The Hall–Kier alpha value is -2.91. The Morgan fingerprint density at radius 2 is 1.15 bits per heavy atom. The summed E-state index contributed by atoms with van der Waals surface area (Å²) >= 11 is 0. The van der Waals surface area contributed by atoms with E-state index in [-0.39, 0.29) is 12.1 Å². The maximum absolute atomic E-state index is 11.8. The number of carbonyl (C=O) groups is 1. The first-order valence-electron chi connectivity index (χ1n) is 8.93. The SMILES string of the molecule is O=C1CC[C@@H](OC(c2ccccc2)(c2ccccc2)c2ccccc2)N1. The number of hydrogen-bond donors (Lipinski definition) is 1.